The van der Waals surface area contributed by atoms with Crippen LogP contribution in [0, 0.1) is 13.8 Å². The van der Waals surface area contributed by atoms with Crippen molar-refractivity contribution in [3.63, 3.8) is 0 Å². The van der Waals surface area contributed by atoms with Gasteiger partial charge in [0.1, 0.15) is 0 Å². The van der Waals surface area contributed by atoms with E-state index in [2.05, 4.69) is 16.4 Å². The standard InChI is InChI=1S/C16H18N2O3S/c1-10-6-7-12(11(2)8-10)13-9-22-16(17-13)18-14(19)4-3-5-15(20)21/h6-9H,3-5H2,1-2H3,(H,20,21)(H,17,18,19). The number of anilines is 1. The third-order valence-electron chi connectivity index (χ3n) is 3.20. The molecule has 116 valence electrons. The van der Waals surface area contributed by atoms with Crippen LogP contribution in [0.1, 0.15) is 30.4 Å². The SMILES string of the molecule is Cc1ccc(-c2csc(NC(=O)CCCC(=O)O)n2)c(C)c1. The number of nitrogens with one attached hydrogen (secondary N) is 1. The van der Waals surface area contributed by atoms with Crippen molar-refractivity contribution in [1.29, 1.82) is 0 Å². The van der Waals surface area contributed by atoms with Gasteiger partial charge in [0.25, 0.3) is 0 Å². The molecule has 1 aromatic heterocycles. The number of aliphatic carboxylic acids is 1. The van der Waals surface area contributed by atoms with Crippen molar-refractivity contribution in [2.24, 2.45) is 0 Å². The Kier molecular flexibility index (Phi) is 5.27. The maximum absolute atomic E-state index is 11.7. The number of carboxylic acids is 1. The van der Waals surface area contributed by atoms with Gasteiger partial charge in [-0.1, -0.05) is 23.8 Å². The summed E-state index contributed by atoms with van der Waals surface area (Å²) in [4.78, 5) is 26.6. The summed E-state index contributed by atoms with van der Waals surface area (Å²) < 4.78 is 0. The predicted octanol–water partition coefficient (Wildman–Crippen LogP) is 3.62. The van der Waals surface area contributed by atoms with E-state index in [0.717, 1.165) is 16.8 Å². The molecular formula is C16H18N2O3S. The molecule has 0 saturated carbocycles. The van der Waals surface area contributed by atoms with E-state index in [1.165, 1.54) is 16.9 Å². The van der Waals surface area contributed by atoms with Crippen LogP contribution in [0.5, 0.6) is 0 Å². The van der Waals surface area contributed by atoms with Gasteiger partial charge in [0, 0.05) is 23.8 Å². The van der Waals surface area contributed by atoms with Crippen LogP contribution in [0.25, 0.3) is 11.3 Å². The Morgan fingerprint density at radius 2 is 2.05 bits per heavy atom. The van der Waals surface area contributed by atoms with E-state index >= 15 is 0 Å². The minimum absolute atomic E-state index is 0.000893. The van der Waals surface area contributed by atoms with Gasteiger partial charge in [0.2, 0.25) is 5.91 Å². The first-order chi connectivity index (χ1) is 10.5. The number of amides is 1. The van der Waals surface area contributed by atoms with Gasteiger partial charge in [-0.3, -0.25) is 9.59 Å². The molecule has 1 heterocycles. The van der Waals surface area contributed by atoms with E-state index in [0.29, 0.717) is 11.6 Å². The summed E-state index contributed by atoms with van der Waals surface area (Å²) in [6, 6.07) is 6.16. The summed E-state index contributed by atoms with van der Waals surface area (Å²) >= 11 is 1.37. The molecule has 1 amide bonds. The molecule has 2 aromatic rings. The maximum Gasteiger partial charge on any atom is 0.303 e. The first-order valence-electron chi connectivity index (χ1n) is 7.00. The molecule has 2 rings (SSSR count). The Bertz CT molecular complexity index is 694. The number of hydrogen-bond donors (Lipinski definition) is 2. The van der Waals surface area contributed by atoms with Gasteiger partial charge in [-0.25, -0.2) is 4.98 Å². The summed E-state index contributed by atoms with van der Waals surface area (Å²) in [5.41, 5.74) is 4.23. The number of rotatable bonds is 6. The number of carbonyl (C=O) groups is 2. The molecule has 0 bridgehead atoms. The molecule has 0 saturated heterocycles. The lowest BCUT2D eigenvalue weighted by Crippen LogP contribution is -2.11. The molecule has 1 aromatic carbocycles. The molecule has 0 aliphatic heterocycles. The number of carbonyl (C=O) groups excluding carboxylic acids is 1. The smallest absolute Gasteiger partial charge is 0.303 e. The first-order valence-corrected chi connectivity index (χ1v) is 7.88. The first kappa shape index (κ1) is 16.2. The minimum atomic E-state index is -0.890. The third-order valence-corrected chi connectivity index (χ3v) is 3.96. The van der Waals surface area contributed by atoms with Crippen molar-refractivity contribution in [1.82, 2.24) is 4.98 Å². The zero-order chi connectivity index (χ0) is 16.1. The maximum atomic E-state index is 11.7. The second-order valence-corrected chi connectivity index (χ2v) is 6.01. The summed E-state index contributed by atoms with van der Waals surface area (Å²) in [6.45, 7) is 4.08. The highest BCUT2D eigenvalue weighted by Crippen LogP contribution is 2.28. The zero-order valence-corrected chi connectivity index (χ0v) is 13.4. The number of aryl methyl sites for hydroxylation is 2. The van der Waals surface area contributed by atoms with Gasteiger partial charge in [-0.2, -0.15) is 0 Å². The van der Waals surface area contributed by atoms with Crippen LogP contribution in [0.2, 0.25) is 0 Å². The molecule has 6 heteroatoms. The zero-order valence-electron chi connectivity index (χ0n) is 12.5. The topological polar surface area (TPSA) is 79.3 Å². The highest BCUT2D eigenvalue weighted by Gasteiger charge is 2.10. The predicted molar refractivity (Wildman–Crippen MR) is 87.1 cm³/mol. The monoisotopic (exact) mass is 318 g/mol. The Morgan fingerprint density at radius 3 is 2.73 bits per heavy atom. The molecule has 0 atom stereocenters. The summed E-state index contributed by atoms with van der Waals surface area (Å²) in [5, 5.41) is 13.7. The molecule has 2 N–H and O–H groups in total. The number of benzene rings is 1. The number of thiazole rings is 1. The average Bonchev–Trinajstić information content (AvgIpc) is 2.86. The fraction of sp³-hybridized carbons (Fsp3) is 0.312. The Hall–Kier alpha value is -2.21. The lowest BCUT2D eigenvalue weighted by molar-refractivity contribution is -0.137. The molecular weight excluding hydrogens is 300 g/mol. The molecule has 0 aliphatic carbocycles. The van der Waals surface area contributed by atoms with Crippen molar-refractivity contribution in [3.05, 3.63) is 34.7 Å². The lowest BCUT2D eigenvalue weighted by atomic mass is 10.0. The molecule has 5 nitrogen and oxygen atoms in total. The summed E-state index contributed by atoms with van der Waals surface area (Å²) in [6.07, 6.45) is 0.514. The average molecular weight is 318 g/mol. The van der Waals surface area contributed by atoms with Gasteiger partial charge in [-0.15, -0.1) is 11.3 Å². The normalized spacial score (nSPS) is 10.5. The van der Waals surface area contributed by atoms with Crippen molar-refractivity contribution in [2.75, 3.05) is 5.32 Å². The van der Waals surface area contributed by atoms with Crippen LogP contribution in [-0.2, 0) is 9.59 Å². The highest BCUT2D eigenvalue weighted by molar-refractivity contribution is 7.14. The third kappa shape index (κ3) is 4.39. The largest absolute Gasteiger partial charge is 0.481 e. The molecule has 0 aliphatic rings. The van der Waals surface area contributed by atoms with Gasteiger partial charge in [0.05, 0.1) is 5.69 Å². The molecule has 0 unspecified atom stereocenters. The Balaban J connectivity index is 1.99. The van der Waals surface area contributed by atoms with Gasteiger partial charge >= 0.3 is 5.97 Å². The summed E-state index contributed by atoms with van der Waals surface area (Å²) in [7, 11) is 0. The van der Waals surface area contributed by atoms with E-state index in [9.17, 15) is 9.59 Å². The Labute approximate surface area is 133 Å². The molecule has 22 heavy (non-hydrogen) atoms. The lowest BCUT2D eigenvalue weighted by Gasteiger charge is -2.04. The van der Waals surface area contributed by atoms with Crippen LogP contribution < -0.4 is 5.32 Å². The number of aromatic nitrogens is 1. The second-order valence-electron chi connectivity index (χ2n) is 5.15. The van der Waals surface area contributed by atoms with Crippen LogP contribution in [0.4, 0.5) is 5.13 Å². The van der Waals surface area contributed by atoms with E-state index in [1.54, 1.807) is 0 Å². The summed E-state index contributed by atoms with van der Waals surface area (Å²) in [5.74, 6) is -1.10. The van der Waals surface area contributed by atoms with Crippen LogP contribution >= 0.6 is 11.3 Å². The van der Waals surface area contributed by atoms with Crippen LogP contribution in [-0.4, -0.2) is 22.0 Å². The fourth-order valence-electron chi connectivity index (χ4n) is 2.14. The van der Waals surface area contributed by atoms with Crippen molar-refractivity contribution >= 4 is 28.3 Å². The fourth-order valence-corrected chi connectivity index (χ4v) is 2.86. The Morgan fingerprint density at radius 1 is 1.27 bits per heavy atom. The van der Waals surface area contributed by atoms with E-state index in [4.69, 9.17) is 5.11 Å². The quantitative estimate of drug-likeness (QED) is 0.852. The second kappa shape index (κ2) is 7.17. The van der Waals surface area contributed by atoms with Crippen molar-refractivity contribution in [3.8, 4) is 11.3 Å². The van der Waals surface area contributed by atoms with Gasteiger partial charge in [0.15, 0.2) is 5.13 Å². The van der Waals surface area contributed by atoms with Crippen LogP contribution in [0.3, 0.4) is 0 Å². The number of nitrogens with zero attached hydrogens (tertiary/aromatic N) is 1. The van der Waals surface area contributed by atoms with Crippen LogP contribution in [0.15, 0.2) is 23.6 Å². The number of carboxylic acid groups (broad SMARTS) is 1. The minimum Gasteiger partial charge on any atom is -0.481 e. The number of hydrogen-bond acceptors (Lipinski definition) is 4. The molecule has 0 fully saturated rings. The van der Waals surface area contributed by atoms with E-state index in [1.807, 2.05) is 31.4 Å². The molecule has 0 radical (unpaired) electrons. The van der Waals surface area contributed by atoms with Gasteiger partial charge in [-0.05, 0) is 25.8 Å². The van der Waals surface area contributed by atoms with Crippen molar-refractivity contribution < 1.29 is 14.7 Å². The van der Waals surface area contributed by atoms with Crippen molar-refractivity contribution in [2.45, 2.75) is 33.1 Å². The van der Waals surface area contributed by atoms with E-state index in [-0.39, 0.29) is 18.7 Å². The highest BCUT2D eigenvalue weighted by atomic mass is 32.1. The molecule has 0 spiro atoms. The van der Waals surface area contributed by atoms with E-state index < -0.39 is 5.97 Å². The van der Waals surface area contributed by atoms with Gasteiger partial charge < -0.3 is 10.4 Å².